The van der Waals surface area contributed by atoms with Crippen LogP contribution >= 0.6 is 0 Å². The summed E-state index contributed by atoms with van der Waals surface area (Å²) in [5.74, 6) is -0.273. The average Bonchev–Trinajstić information content (AvgIpc) is 2.56. The third-order valence-electron chi connectivity index (χ3n) is 3.58. The Morgan fingerprint density at radius 2 is 1.55 bits per heavy atom. The summed E-state index contributed by atoms with van der Waals surface area (Å²) in [5, 5.41) is 0. The van der Waals surface area contributed by atoms with Crippen LogP contribution in [-0.2, 0) is 9.53 Å². The molecule has 0 aliphatic heterocycles. The molecule has 0 fully saturated rings. The van der Waals surface area contributed by atoms with E-state index in [0.717, 1.165) is 32.1 Å². The van der Waals surface area contributed by atoms with Crippen molar-refractivity contribution in [2.75, 3.05) is 6.61 Å². The maximum absolute atomic E-state index is 11.3. The van der Waals surface area contributed by atoms with E-state index in [0.29, 0.717) is 6.42 Å². The summed E-state index contributed by atoms with van der Waals surface area (Å²) in [6.45, 7) is 1.05. The highest BCUT2D eigenvalue weighted by Crippen LogP contribution is 2.08. The quantitative estimate of drug-likeness (QED) is 0.200. The summed E-state index contributed by atoms with van der Waals surface area (Å²) < 4.78 is 18.7. The van der Waals surface area contributed by atoms with Gasteiger partial charge in [-0.3, -0.25) is 4.79 Å². The fourth-order valence-corrected chi connectivity index (χ4v) is 2.25. The van der Waals surface area contributed by atoms with Crippen molar-refractivity contribution in [1.29, 1.82) is 0 Å². The lowest BCUT2D eigenvalue weighted by Crippen LogP contribution is -2.03. The van der Waals surface area contributed by atoms with E-state index in [2.05, 4.69) is 31.2 Å². The predicted octanol–water partition coefficient (Wildman–Crippen LogP) is 6.36. The topological polar surface area (TPSA) is 26.3 Å². The van der Waals surface area contributed by atoms with Crippen molar-refractivity contribution in [2.24, 2.45) is 0 Å². The van der Waals surface area contributed by atoms with Gasteiger partial charge in [-0.2, -0.15) is 0 Å². The van der Waals surface area contributed by atoms with Gasteiger partial charge >= 0.3 is 5.97 Å². The van der Waals surface area contributed by atoms with Gasteiger partial charge in [-0.1, -0.05) is 63.3 Å². The van der Waals surface area contributed by atoms with Gasteiger partial charge < -0.3 is 4.74 Å². The molecule has 2 heteroatoms. The molecule has 0 amide bonds. The second kappa shape index (κ2) is 18.0. The van der Waals surface area contributed by atoms with Crippen molar-refractivity contribution in [3.8, 4) is 0 Å². The third-order valence-corrected chi connectivity index (χ3v) is 3.58. The van der Waals surface area contributed by atoms with Crippen molar-refractivity contribution >= 4 is 5.97 Å². The van der Waals surface area contributed by atoms with Gasteiger partial charge in [0.1, 0.15) is 0 Å². The first kappa shape index (κ1) is 17.3. The fraction of sp³-hybridized carbons (Fsp3) is 0.750. The first-order chi connectivity index (χ1) is 11.7. The summed E-state index contributed by atoms with van der Waals surface area (Å²) in [7, 11) is 0. The zero-order valence-electron chi connectivity index (χ0n) is 16.4. The van der Waals surface area contributed by atoms with Gasteiger partial charge in [0, 0.05) is 9.16 Å². The molecule has 128 valence electrons. The molecule has 0 saturated heterocycles. The van der Waals surface area contributed by atoms with Gasteiger partial charge in [0.05, 0.1) is 6.61 Å². The smallest absolute Gasteiger partial charge is 0.305 e. The second-order valence-corrected chi connectivity index (χ2v) is 5.66. The summed E-state index contributed by atoms with van der Waals surface area (Å²) in [6, 6.07) is 0. The highest BCUT2D eigenvalue weighted by Gasteiger charge is 2.00. The van der Waals surface area contributed by atoms with E-state index in [1.165, 1.54) is 38.5 Å². The van der Waals surface area contributed by atoms with Crippen molar-refractivity contribution in [3.05, 3.63) is 24.3 Å². The monoisotopic (exact) mass is 310 g/mol. The molecule has 0 aromatic carbocycles. The van der Waals surface area contributed by atoms with E-state index in [1.54, 1.807) is 0 Å². The van der Waals surface area contributed by atoms with E-state index >= 15 is 0 Å². The van der Waals surface area contributed by atoms with Crippen LogP contribution < -0.4 is 0 Å². The van der Waals surface area contributed by atoms with Gasteiger partial charge in [0.2, 0.25) is 0 Å². The number of esters is 1. The molecule has 0 aliphatic rings. The molecule has 0 unspecified atom stereocenters. The molecule has 0 radical (unpaired) electrons. The molecule has 0 aromatic heterocycles. The Bertz CT molecular complexity index is 339. The summed E-state index contributed by atoms with van der Waals surface area (Å²) in [6.07, 6.45) is 22.3. The van der Waals surface area contributed by atoms with E-state index in [9.17, 15) is 4.79 Å². The highest BCUT2D eigenvalue weighted by atomic mass is 16.5. The van der Waals surface area contributed by atoms with Crippen molar-refractivity contribution in [3.63, 3.8) is 0 Å². The maximum atomic E-state index is 11.3. The Labute approximate surface area is 140 Å². The standard InChI is InChI=1S/C20H36O2/c1-3-5-6-7-8-9-10-11-12-13-14-15-16-17-18-19-20(21)22-4-2/h8-9,11-12H,3-7,10,13-19H2,1-2H3/b9-8-,12-11-/i2D2. The molecular formula is C20H36O2. The first-order valence-corrected chi connectivity index (χ1v) is 8.97. The molecular weight excluding hydrogens is 272 g/mol. The second-order valence-electron chi connectivity index (χ2n) is 5.66. The van der Waals surface area contributed by atoms with Crippen LogP contribution in [0.25, 0.3) is 0 Å². The highest BCUT2D eigenvalue weighted by molar-refractivity contribution is 5.69. The molecule has 22 heavy (non-hydrogen) atoms. The minimum atomic E-state index is -1.07. The molecule has 2 nitrogen and oxygen atoms in total. The molecule has 0 aromatic rings. The van der Waals surface area contributed by atoms with Crippen LogP contribution in [-0.4, -0.2) is 12.6 Å². The molecule has 0 saturated carbocycles. The van der Waals surface area contributed by atoms with Crippen LogP contribution in [0.3, 0.4) is 0 Å². The SMILES string of the molecule is [2H]C([2H])COC(=O)CCCCCCC/C=C\C/C=C\CCCCC. The predicted molar refractivity (Wildman–Crippen MR) is 96.0 cm³/mol. The lowest BCUT2D eigenvalue weighted by molar-refractivity contribution is -0.143. The van der Waals surface area contributed by atoms with Crippen LogP contribution in [0.15, 0.2) is 24.3 Å². The average molecular weight is 311 g/mol. The van der Waals surface area contributed by atoms with Crippen molar-refractivity contribution < 1.29 is 12.3 Å². The number of rotatable bonds is 15. The van der Waals surface area contributed by atoms with Crippen LogP contribution in [0.1, 0.15) is 93.6 Å². The Hall–Kier alpha value is -1.05. The Kier molecular flexibility index (Phi) is 14.2. The van der Waals surface area contributed by atoms with Crippen LogP contribution in [0, 0.1) is 0 Å². The summed E-state index contributed by atoms with van der Waals surface area (Å²) >= 11 is 0. The van der Waals surface area contributed by atoms with Gasteiger partial charge in [0.15, 0.2) is 0 Å². The molecule has 0 heterocycles. The lowest BCUT2D eigenvalue weighted by Gasteiger charge is -2.01. The van der Waals surface area contributed by atoms with Crippen molar-refractivity contribution in [1.82, 2.24) is 0 Å². The summed E-state index contributed by atoms with van der Waals surface area (Å²) in [5.41, 5.74) is 0. The minimum Gasteiger partial charge on any atom is -0.466 e. The van der Waals surface area contributed by atoms with Crippen LogP contribution in [0.2, 0.25) is 0 Å². The van der Waals surface area contributed by atoms with Crippen LogP contribution in [0.5, 0.6) is 0 Å². The van der Waals surface area contributed by atoms with E-state index in [1.807, 2.05) is 0 Å². The lowest BCUT2D eigenvalue weighted by atomic mass is 10.1. The van der Waals surface area contributed by atoms with Gasteiger partial charge in [0.25, 0.3) is 0 Å². The molecule has 0 spiro atoms. The normalized spacial score (nSPS) is 13.0. The Morgan fingerprint density at radius 1 is 0.909 bits per heavy atom. The first-order valence-electron chi connectivity index (χ1n) is 10.1. The maximum Gasteiger partial charge on any atom is 0.305 e. The minimum absolute atomic E-state index is 0.112. The fourth-order valence-electron chi connectivity index (χ4n) is 2.25. The summed E-state index contributed by atoms with van der Waals surface area (Å²) in [4.78, 5) is 11.3. The third kappa shape index (κ3) is 17.0. The number of carbonyl (C=O) groups excluding carboxylic acids is 1. The zero-order chi connectivity index (χ0) is 17.9. The zero-order valence-corrected chi connectivity index (χ0v) is 14.4. The van der Waals surface area contributed by atoms with E-state index in [-0.39, 0.29) is 12.6 Å². The van der Waals surface area contributed by atoms with E-state index in [4.69, 9.17) is 7.48 Å². The Balaban J connectivity index is 3.27. The number of ether oxygens (including phenoxy) is 1. The molecule has 0 aliphatic carbocycles. The molecule has 0 N–H and O–H groups in total. The van der Waals surface area contributed by atoms with Gasteiger partial charge in [-0.25, -0.2) is 0 Å². The molecule has 0 atom stereocenters. The number of unbranched alkanes of at least 4 members (excludes halogenated alkanes) is 8. The van der Waals surface area contributed by atoms with Gasteiger partial charge in [-0.15, -0.1) is 0 Å². The molecule has 0 bridgehead atoms. The van der Waals surface area contributed by atoms with Gasteiger partial charge in [-0.05, 0) is 45.4 Å². The molecule has 0 rings (SSSR count). The number of allylic oxidation sites excluding steroid dienone is 4. The number of hydrogen-bond donors (Lipinski definition) is 0. The van der Waals surface area contributed by atoms with Crippen LogP contribution in [0.4, 0.5) is 0 Å². The largest absolute Gasteiger partial charge is 0.466 e. The Morgan fingerprint density at radius 3 is 2.23 bits per heavy atom. The van der Waals surface area contributed by atoms with E-state index < -0.39 is 6.88 Å². The van der Waals surface area contributed by atoms with Crippen molar-refractivity contribution in [2.45, 2.75) is 90.8 Å². The number of hydrogen-bond acceptors (Lipinski definition) is 2. The number of carbonyl (C=O) groups is 1.